The number of rotatable bonds is 3. The molecule has 18 heavy (non-hydrogen) atoms. The van der Waals surface area contributed by atoms with Crippen LogP contribution in [0.3, 0.4) is 0 Å². The zero-order chi connectivity index (χ0) is 12.4. The monoisotopic (exact) mass is 261 g/mol. The van der Waals surface area contributed by atoms with E-state index in [1.807, 2.05) is 30.3 Å². The Bertz CT molecular complexity index is 613. The number of hydrogen-bond donors (Lipinski definition) is 4. The van der Waals surface area contributed by atoms with Gasteiger partial charge in [-0.05, 0) is 5.56 Å². The van der Waals surface area contributed by atoms with Crippen LogP contribution in [-0.2, 0) is 6.54 Å². The van der Waals surface area contributed by atoms with E-state index in [4.69, 9.17) is 0 Å². The van der Waals surface area contributed by atoms with Crippen molar-refractivity contribution < 1.29 is 0 Å². The van der Waals surface area contributed by atoms with Gasteiger partial charge in [0.05, 0.1) is 12.1 Å². The van der Waals surface area contributed by atoms with Crippen LogP contribution in [0.25, 0.3) is 0 Å². The lowest BCUT2D eigenvalue weighted by atomic mass is 10.2. The molecule has 2 aromatic rings. The standard InChI is InChI=1S/C11H11N5OS/c17-10-8-9(16-18-15-8)13-11(14-10)12-6-7-4-2-1-3-5-7/h1-5,15H,6H2,(H3,12,13,14,16,17). The minimum atomic E-state index is -0.187. The molecule has 2 heterocycles. The molecule has 1 aromatic carbocycles. The number of fused-ring (bicyclic) bond motifs is 1. The number of H-pyrrole nitrogens is 1. The van der Waals surface area contributed by atoms with Crippen molar-refractivity contribution in [3.63, 3.8) is 0 Å². The van der Waals surface area contributed by atoms with Crippen molar-refractivity contribution in [3.05, 3.63) is 46.2 Å². The first-order valence-corrected chi connectivity index (χ1v) is 6.24. The molecule has 6 nitrogen and oxygen atoms in total. The summed E-state index contributed by atoms with van der Waals surface area (Å²) in [4.78, 5) is 18.6. The van der Waals surface area contributed by atoms with Crippen molar-refractivity contribution in [1.29, 1.82) is 0 Å². The fourth-order valence-electron chi connectivity index (χ4n) is 1.63. The zero-order valence-electron chi connectivity index (χ0n) is 9.36. The molecule has 1 aliphatic rings. The molecule has 92 valence electrons. The topological polar surface area (TPSA) is 81.8 Å². The van der Waals surface area contributed by atoms with Gasteiger partial charge in [-0.15, -0.1) is 0 Å². The summed E-state index contributed by atoms with van der Waals surface area (Å²) in [7, 11) is 0. The van der Waals surface area contributed by atoms with E-state index in [0.717, 1.165) is 5.56 Å². The van der Waals surface area contributed by atoms with Gasteiger partial charge in [0, 0.05) is 6.54 Å². The largest absolute Gasteiger partial charge is 0.352 e. The maximum atomic E-state index is 11.7. The van der Waals surface area contributed by atoms with E-state index in [-0.39, 0.29) is 5.56 Å². The Balaban J connectivity index is 1.78. The first-order valence-electron chi connectivity index (χ1n) is 5.43. The predicted octanol–water partition coefficient (Wildman–Crippen LogP) is 1.78. The van der Waals surface area contributed by atoms with Crippen molar-refractivity contribution in [2.24, 2.45) is 0 Å². The maximum absolute atomic E-state index is 11.7. The van der Waals surface area contributed by atoms with Gasteiger partial charge in [0.2, 0.25) is 5.95 Å². The van der Waals surface area contributed by atoms with Crippen molar-refractivity contribution >= 4 is 29.6 Å². The number of aromatic nitrogens is 2. The van der Waals surface area contributed by atoms with Gasteiger partial charge in [0.1, 0.15) is 0 Å². The Kier molecular flexibility index (Phi) is 2.81. The summed E-state index contributed by atoms with van der Waals surface area (Å²) in [6, 6.07) is 9.92. The molecule has 1 aliphatic heterocycles. The van der Waals surface area contributed by atoms with E-state index < -0.39 is 0 Å². The highest BCUT2D eigenvalue weighted by Gasteiger charge is 2.16. The third kappa shape index (κ3) is 2.12. The van der Waals surface area contributed by atoms with Crippen molar-refractivity contribution in [3.8, 4) is 0 Å². The highest BCUT2D eigenvalue weighted by molar-refractivity contribution is 8.02. The molecular weight excluding hydrogens is 250 g/mol. The van der Waals surface area contributed by atoms with Crippen LogP contribution < -0.4 is 20.3 Å². The maximum Gasteiger partial charge on any atom is 0.278 e. The molecule has 3 rings (SSSR count). The van der Waals surface area contributed by atoms with Gasteiger partial charge in [-0.25, -0.2) is 0 Å². The Morgan fingerprint density at radius 2 is 2.06 bits per heavy atom. The van der Waals surface area contributed by atoms with Crippen LogP contribution in [0, 0.1) is 0 Å². The molecule has 0 spiro atoms. The summed E-state index contributed by atoms with van der Waals surface area (Å²) in [5, 5.41) is 3.09. The van der Waals surface area contributed by atoms with E-state index in [1.165, 1.54) is 12.1 Å². The summed E-state index contributed by atoms with van der Waals surface area (Å²) in [6.07, 6.45) is 0. The Hall–Kier alpha value is -2.15. The predicted molar refractivity (Wildman–Crippen MR) is 73.5 cm³/mol. The van der Waals surface area contributed by atoms with Gasteiger partial charge >= 0.3 is 0 Å². The summed E-state index contributed by atoms with van der Waals surface area (Å²) >= 11 is 1.23. The second kappa shape index (κ2) is 4.61. The lowest BCUT2D eigenvalue weighted by molar-refractivity contribution is 1.04. The average Bonchev–Trinajstić information content (AvgIpc) is 2.86. The molecule has 0 bridgehead atoms. The number of nitrogens with one attached hydrogen (secondary N) is 4. The summed E-state index contributed by atoms with van der Waals surface area (Å²) in [6.45, 7) is 0.614. The summed E-state index contributed by atoms with van der Waals surface area (Å²) < 4.78 is 5.75. The van der Waals surface area contributed by atoms with Gasteiger partial charge < -0.3 is 10.0 Å². The Labute approximate surface area is 107 Å². The van der Waals surface area contributed by atoms with Gasteiger partial charge in [0.15, 0.2) is 11.5 Å². The second-order valence-electron chi connectivity index (χ2n) is 3.78. The number of anilines is 3. The molecule has 7 heteroatoms. The molecule has 0 atom stereocenters. The van der Waals surface area contributed by atoms with E-state index in [9.17, 15) is 4.79 Å². The molecule has 0 unspecified atom stereocenters. The quantitative estimate of drug-likeness (QED) is 0.631. The smallest absolute Gasteiger partial charge is 0.278 e. The van der Waals surface area contributed by atoms with Gasteiger partial charge in [-0.3, -0.25) is 14.5 Å². The molecule has 0 fully saturated rings. The fourth-order valence-corrected chi connectivity index (χ4v) is 2.22. The summed E-state index contributed by atoms with van der Waals surface area (Å²) in [5.74, 6) is 1.01. The van der Waals surface area contributed by atoms with Gasteiger partial charge in [-0.2, -0.15) is 4.98 Å². The van der Waals surface area contributed by atoms with E-state index in [2.05, 4.69) is 24.7 Å². The van der Waals surface area contributed by atoms with Crippen molar-refractivity contribution in [2.75, 3.05) is 14.8 Å². The van der Waals surface area contributed by atoms with E-state index >= 15 is 0 Å². The molecule has 4 N–H and O–H groups in total. The molecule has 1 aromatic heterocycles. The number of nitrogens with zero attached hydrogens (tertiary/aromatic N) is 1. The third-order valence-corrected chi connectivity index (χ3v) is 3.12. The first kappa shape index (κ1) is 11.0. The number of aromatic amines is 1. The molecule has 0 radical (unpaired) electrons. The van der Waals surface area contributed by atoms with Crippen LogP contribution in [0.2, 0.25) is 0 Å². The highest BCUT2D eigenvalue weighted by Crippen LogP contribution is 2.27. The minimum Gasteiger partial charge on any atom is -0.352 e. The van der Waals surface area contributed by atoms with E-state index in [0.29, 0.717) is 24.0 Å². The van der Waals surface area contributed by atoms with Gasteiger partial charge in [0.25, 0.3) is 5.56 Å². The van der Waals surface area contributed by atoms with Crippen LogP contribution in [0.15, 0.2) is 35.1 Å². The second-order valence-corrected chi connectivity index (χ2v) is 4.40. The van der Waals surface area contributed by atoms with Crippen LogP contribution in [0.1, 0.15) is 5.56 Å². The van der Waals surface area contributed by atoms with Crippen LogP contribution in [0.4, 0.5) is 17.5 Å². The number of hydrogen-bond acceptors (Lipinski definition) is 6. The van der Waals surface area contributed by atoms with Crippen LogP contribution in [-0.4, -0.2) is 9.97 Å². The van der Waals surface area contributed by atoms with Crippen LogP contribution in [0.5, 0.6) is 0 Å². The highest BCUT2D eigenvalue weighted by atomic mass is 32.2. The third-order valence-electron chi connectivity index (χ3n) is 2.52. The average molecular weight is 261 g/mol. The molecular formula is C11H11N5OS. The van der Waals surface area contributed by atoms with Gasteiger partial charge in [-0.1, -0.05) is 30.3 Å². The molecule has 0 saturated carbocycles. The van der Waals surface area contributed by atoms with Crippen molar-refractivity contribution in [1.82, 2.24) is 9.97 Å². The Morgan fingerprint density at radius 3 is 2.89 bits per heavy atom. The summed E-state index contributed by atoms with van der Waals surface area (Å²) in [5.41, 5.74) is 1.40. The molecule has 0 amide bonds. The molecule has 0 saturated heterocycles. The normalized spacial score (nSPS) is 12.4. The first-order chi connectivity index (χ1) is 8.83. The number of benzene rings is 1. The van der Waals surface area contributed by atoms with E-state index in [1.54, 1.807) is 0 Å². The Morgan fingerprint density at radius 1 is 1.22 bits per heavy atom. The minimum absolute atomic E-state index is 0.187. The lowest BCUT2D eigenvalue weighted by Gasteiger charge is -2.06. The zero-order valence-corrected chi connectivity index (χ0v) is 10.2. The van der Waals surface area contributed by atoms with Crippen molar-refractivity contribution in [2.45, 2.75) is 6.54 Å². The fraction of sp³-hybridized carbons (Fsp3) is 0.0909. The van der Waals surface area contributed by atoms with Crippen LogP contribution >= 0.6 is 12.1 Å². The lowest BCUT2D eigenvalue weighted by Crippen LogP contribution is -2.14. The molecule has 0 aliphatic carbocycles. The SMILES string of the molecule is O=c1[nH]c(NCc2ccccc2)nc2c1NSN2.